The molecule has 7 nitrogen and oxygen atoms in total. The van der Waals surface area contributed by atoms with Crippen molar-refractivity contribution in [1.82, 2.24) is 10.2 Å². The van der Waals surface area contributed by atoms with Gasteiger partial charge in [0.1, 0.15) is 0 Å². The topological polar surface area (TPSA) is 98.7 Å². The molecule has 3 N–H and O–H groups in total. The van der Waals surface area contributed by atoms with Crippen molar-refractivity contribution < 1.29 is 19.5 Å². The van der Waals surface area contributed by atoms with Gasteiger partial charge in [0.05, 0.1) is 11.8 Å². The number of para-hydroxylation sites is 1. The van der Waals surface area contributed by atoms with Gasteiger partial charge in [-0.3, -0.25) is 9.59 Å². The van der Waals surface area contributed by atoms with Gasteiger partial charge in [-0.2, -0.15) is 0 Å². The van der Waals surface area contributed by atoms with Gasteiger partial charge < -0.3 is 20.6 Å². The van der Waals surface area contributed by atoms with Crippen LogP contribution in [0.3, 0.4) is 0 Å². The van der Waals surface area contributed by atoms with Crippen molar-refractivity contribution in [2.24, 2.45) is 11.8 Å². The summed E-state index contributed by atoms with van der Waals surface area (Å²) in [6.45, 7) is 1.11. The number of likely N-dealkylation sites (tertiary alicyclic amines) is 1. The van der Waals surface area contributed by atoms with Crippen LogP contribution in [0, 0.1) is 11.8 Å². The average molecular weight is 345 g/mol. The number of anilines is 1. The van der Waals surface area contributed by atoms with E-state index in [0.717, 1.165) is 5.69 Å². The highest BCUT2D eigenvalue weighted by molar-refractivity contribution is 5.89. The van der Waals surface area contributed by atoms with Crippen molar-refractivity contribution in [2.75, 3.05) is 18.4 Å². The lowest BCUT2D eigenvalue weighted by molar-refractivity contribution is -0.157. The average Bonchev–Trinajstić information content (AvgIpc) is 2.54. The van der Waals surface area contributed by atoms with Crippen LogP contribution in [0.15, 0.2) is 30.3 Å². The molecule has 0 radical (unpaired) electrons. The second kappa shape index (κ2) is 7.55. The van der Waals surface area contributed by atoms with Gasteiger partial charge in [0.2, 0.25) is 5.91 Å². The molecule has 2 fully saturated rings. The maximum absolute atomic E-state index is 12.4. The molecule has 134 valence electrons. The van der Waals surface area contributed by atoms with E-state index in [1.54, 1.807) is 4.90 Å². The quantitative estimate of drug-likeness (QED) is 0.776. The van der Waals surface area contributed by atoms with E-state index in [4.69, 9.17) is 5.11 Å². The molecule has 1 heterocycles. The zero-order chi connectivity index (χ0) is 17.8. The number of nitrogens with zero attached hydrogens (tertiary/aromatic N) is 1. The van der Waals surface area contributed by atoms with Gasteiger partial charge in [0.15, 0.2) is 0 Å². The maximum Gasteiger partial charge on any atom is 0.319 e. The largest absolute Gasteiger partial charge is 0.481 e. The lowest BCUT2D eigenvalue weighted by Crippen LogP contribution is -2.51. The van der Waals surface area contributed by atoms with E-state index in [1.165, 1.54) is 0 Å². The number of urea groups is 1. The smallest absolute Gasteiger partial charge is 0.319 e. The minimum atomic E-state index is -0.876. The molecule has 2 aliphatic rings. The molecule has 2 unspecified atom stereocenters. The van der Waals surface area contributed by atoms with Crippen molar-refractivity contribution in [2.45, 2.75) is 31.7 Å². The lowest BCUT2D eigenvalue weighted by Gasteiger charge is -2.39. The number of carboxylic acid groups (broad SMARTS) is 1. The first kappa shape index (κ1) is 17.3. The van der Waals surface area contributed by atoms with Gasteiger partial charge in [0, 0.05) is 24.8 Å². The zero-order valence-corrected chi connectivity index (χ0v) is 14.0. The van der Waals surface area contributed by atoms with Gasteiger partial charge in [-0.05, 0) is 37.8 Å². The van der Waals surface area contributed by atoms with E-state index in [2.05, 4.69) is 10.6 Å². The number of amides is 3. The van der Waals surface area contributed by atoms with Gasteiger partial charge in [0.25, 0.3) is 0 Å². The number of carbonyl (C=O) groups excluding carboxylic acids is 2. The number of carboxylic acids is 1. The van der Waals surface area contributed by atoms with Crippen molar-refractivity contribution in [3.63, 3.8) is 0 Å². The van der Waals surface area contributed by atoms with Crippen molar-refractivity contribution >= 4 is 23.6 Å². The lowest BCUT2D eigenvalue weighted by atomic mass is 9.72. The molecule has 1 saturated carbocycles. The molecule has 3 rings (SSSR count). The predicted molar refractivity (Wildman–Crippen MR) is 92.0 cm³/mol. The molecule has 2 atom stereocenters. The molecular weight excluding hydrogens is 322 g/mol. The highest BCUT2D eigenvalue weighted by atomic mass is 16.4. The van der Waals surface area contributed by atoms with E-state index in [0.29, 0.717) is 38.8 Å². The Labute approximate surface area is 146 Å². The molecule has 1 aromatic carbocycles. The highest BCUT2D eigenvalue weighted by Crippen LogP contribution is 2.36. The fraction of sp³-hybridized carbons (Fsp3) is 0.500. The number of carbonyl (C=O) groups is 3. The summed E-state index contributed by atoms with van der Waals surface area (Å²) >= 11 is 0. The van der Waals surface area contributed by atoms with Crippen LogP contribution >= 0.6 is 0 Å². The van der Waals surface area contributed by atoms with Crippen LogP contribution in [0.1, 0.15) is 25.7 Å². The van der Waals surface area contributed by atoms with Crippen LogP contribution in [0.4, 0.5) is 10.5 Å². The molecular formula is C18H23N3O4. The summed E-state index contributed by atoms with van der Waals surface area (Å²) in [7, 11) is 0. The van der Waals surface area contributed by atoms with Crippen LogP contribution in [0.5, 0.6) is 0 Å². The summed E-state index contributed by atoms with van der Waals surface area (Å²) in [5, 5.41) is 14.8. The summed E-state index contributed by atoms with van der Waals surface area (Å²) < 4.78 is 0. The minimum Gasteiger partial charge on any atom is -0.481 e. The maximum atomic E-state index is 12.4. The second-order valence-electron chi connectivity index (χ2n) is 6.69. The molecule has 0 aromatic heterocycles. The van der Waals surface area contributed by atoms with Crippen LogP contribution in [0.25, 0.3) is 0 Å². The van der Waals surface area contributed by atoms with Crippen LogP contribution in [-0.2, 0) is 9.59 Å². The molecule has 1 aliphatic carbocycles. The first-order valence-corrected chi connectivity index (χ1v) is 8.69. The number of hydrogen-bond acceptors (Lipinski definition) is 3. The molecule has 25 heavy (non-hydrogen) atoms. The summed E-state index contributed by atoms with van der Waals surface area (Å²) in [5.74, 6) is -1.83. The van der Waals surface area contributed by atoms with E-state index in [1.807, 2.05) is 30.3 Å². The van der Waals surface area contributed by atoms with Gasteiger partial charge in [-0.25, -0.2) is 4.79 Å². The summed E-state index contributed by atoms with van der Waals surface area (Å²) in [4.78, 5) is 37.3. The Kier molecular flexibility index (Phi) is 5.21. The summed E-state index contributed by atoms with van der Waals surface area (Å²) in [6, 6.07) is 8.99. The van der Waals surface area contributed by atoms with Crippen LogP contribution in [-0.4, -0.2) is 47.0 Å². The van der Waals surface area contributed by atoms with Gasteiger partial charge in [-0.15, -0.1) is 0 Å². The van der Waals surface area contributed by atoms with Crippen LogP contribution < -0.4 is 10.6 Å². The van der Waals surface area contributed by atoms with Crippen molar-refractivity contribution in [1.29, 1.82) is 0 Å². The van der Waals surface area contributed by atoms with E-state index >= 15 is 0 Å². The number of benzene rings is 1. The molecule has 3 amide bonds. The minimum absolute atomic E-state index is 0.0180. The van der Waals surface area contributed by atoms with E-state index in [-0.39, 0.29) is 23.9 Å². The zero-order valence-electron chi connectivity index (χ0n) is 14.0. The van der Waals surface area contributed by atoms with Crippen molar-refractivity contribution in [3.05, 3.63) is 30.3 Å². The number of rotatable bonds is 4. The highest BCUT2D eigenvalue weighted by Gasteiger charge is 2.43. The van der Waals surface area contributed by atoms with Gasteiger partial charge in [-0.1, -0.05) is 18.2 Å². The Balaban J connectivity index is 1.43. The fourth-order valence-corrected chi connectivity index (χ4v) is 3.44. The Morgan fingerprint density at radius 2 is 1.60 bits per heavy atom. The molecule has 1 aromatic rings. The molecule has 1 aliphatic heterocycles. The van der Waals surface area contributed by atoms with E-state index < -0.39 is 11.9 Å². The third-order valence-electron chi connectivity index (χ3n) is 5.08. The third kappa shape index (κ3) is 4.10. The molecule has 0 spiro atoms. The number of piperidine rings is 1. The first-order valence-electron chi connectivity index (χ1n) is 8.69. The Morgan fingerprint density at radius 1 is 0.960 bits per heavy atom. The summed E-state index contributed by atoms with van der Waals surface area (Å²) in [6.07, 6.45) is 2.60. The molecule has 1 saturated heterocycles. The fourth-order valence-electron chi connectivity index (χ4n) is 3.44. The third-order valence-corrected chi connectivity index (χ3v) is 5.08. The molecule has 7 heteroatoms. The first-order chi connectivity index (χ1) is 12.0. The Hall–Kier alpha value is -2.57. The number of nitrogens with one attached hydrogen (secondary N) is 2. The standard InChI is InChI=1S/C18H23N3O4/c22-16(14-6-7-15(14)17(23)24)21-10-8-13(9-11-21)20-18(25)19-12-4-2-1-3-5-12/h1-5,13-15H,6-11H2,(H,23,24)(H2,19,20,25). The number of aliphatic carboxylic acids is 1. The summed E-state index contributed by atoms with van der Waals surface area (Å²) in [5.41, 5.74) is 0.734. The number of hydrogen-bond donors (Lipinski definition) is 3. The second-order valence-corrected chi connectivity index (χ2v) is 6.69. The predicted octanol–water partition coefficient (Wildman–Crippen LogP) is 1.91. The Bertz CT molecular complexity index is 641. The SMILES string of the molecule is O=C(Nc1ccccc1)NC1CCN(C(=O)C2CCC2C(=O)O)CC1. The van der Waals surface area contributed by atoms with Gasteiger partial charge >= 0.3 is 12.0 Å². The Morgan fingerprint density at radius 3 is 2.16 bits per heavy atom. The van der Waals surface area contributed by atoms with E-state index in [9.17, 15) is 14.4 Å². The van der Waals surface area contributed by atoms with Crippen LogP contribution in [0.2, 0.25) is 0 Å². The normalized spacial score (nSPS) is 23.4. The monoisotopic (exact) mass is 345 g/mol. The van der Waals surface area contributed by atoms with Crippen molar-refractivity contribution in [3.8, 4) is 0 Å². The molecule has 0 bridgehead atoms.